The van der Waals surface area contributed by atoms with E-state index in [1.165, 1.54) is 0 Å². The lowest BCUT2D eigenvalue weighted by Gasteiger charge is -2.00. The summed E-state index contributed by atoms with van der Waals surface area (Å²) in [5, 5.41) is 10.6. The number of nitrogens with one attached hydrogen (secondary N) is 1. The van der Waals surface area contributed by atoms with Crippen molar-refractivity contribution in [3.05, 3.63) is 12.2 Å². The molecule has 0 spiro atoms. The maximum absolute atomic E-state index is 11.0. The normalized spacial score (nSPS) is 10.4. The van der Waals surface area contributed by atoms with Gasteiger partial charge in [-0.15, -0.1) is 0 Å². The van der Waals surface area contributed by atoms with E-state index in [1.807, 2.05) is 13.0 Å². The number of hydrogen-bond donors (Lipinski definition) is 2. The lowest BCUT2D eigenvalue weighted by Crippen LogP contribution is -2.28. The number of unbranched alkanes of at least 4 members (excludes halogenated alkanes) is 2. The zero-order valence-electron chi connectivity index (χ0n) is 8.45. The molecule has 2 N–H and O–H groups in total. The van der Waals surface area contributed by atoms with Crippen molar-refractivity contribution in [1.29, 1.82) is 0 Å². The predicted molar refractivity (Wildman–Crippen MR) is 53.9 cm³/mol. The maximum Gasteiger partial charge on any atom is 0.322 e. The topological polar surface area (TPSA) is 66.4 Å². The molecule has 80 valence electrons. The summed E-state index contributed by atoms with van der Waals surface area (Å²) in [5.74, 6) is -1.19. The van der Waals surface area contributed by atoms with E-state index in [4.69, 9.17) is 5.11 Å². The van der Waals surface area contributed by atoms with Crippen LogP contribution in [0, 0.1) is 0 Å². The standard InChI is InChI=1S/C10H17NO3/c1-2-3-4-5-6-7-9(12)11-8-10(13)14/h2-3H,4-8H2,1H3,(H,11,12)(H,13,14)/b3-2+. The summed E-state index contributed by atoms with van der Waals surface area (Å²) in [6.45, 7) is 1.67. The molecule has 0 aromatic carbocycles. The van der Waals surface area contributed by atoms with Gasteiger partial charge in [-0.1, -0.05) is 12.2 Å². The van der Waals surface area contributed by atoms with Crippen molar-refractivity contribution < 1.29 is 14.7 Å². The van der Waals surface area contributed by atoms with Crippen LogP contribution in [0.4, 0.5) is 0 Å². The Morgan fingerprint density at radius 3 is 2.64 bits per heavy atom. The first kappa shape index (κ1) is 12.7. The number of carboxylic acid groups (broad SMARTS) is 1. The molecule has 0 rings (SSSR count). The van der Waals surface area contributed by atoms with Gasteiger partial charge in [0, 0.05) is 6.42 Å². The van der Waals surface area contributed by atoms with Crippen molar-refractivity contribution >= 4 is 11.9 Å². The first-order chi connectivity index (χ1) is 6.66. The Balaban J connectivity index is 3.31. The van der Waals surface area contributed by atoms with Gasteiger partial charge in [-0.3, -0.25) is 9.59 Å². The zero-order valence-corrected chi connectivity index (χ0v) is 8.45. The molecule has 1 amide bonds. The zero-order chi connectivity index (χ0) is 10.8. The maximum atomic E-state index is 11.0. The number of carbonyl (C=O) groups excluding carboxylic acids is 1. The molecule has 0 unspecified atom stereocenters. The molecule has 4 heteroatoms. The molecule has 0 aliphatic carbocycles. The van der Waals surface area contributed by atoms with Gasteiger partial charge in [-0.2, -0.15) is 0 Å². The molecule has 0 heterocycles. The molecule has 0 atom stereocenters. The first-order valence-corrected chi connectivity index (χ1v) is 4.76. The van der Waals surface area contributed by atoms with Gasteiger partial charge in [0.05, 0.1) is 0 Å². The van der Waals surface area contributed by atoms with E-state index in [-0.39, 0.29) is 12.5 Å². The number of carboxylic acids is 1. The molecule has 0 radical (unpaired) electrons. The van der Waals surface area contributed by atoms with Gasteiger partial charge in [-0.25, -0.2) is 0 Å². The summed E-state index contributed by atoms with van der Waals surface area (Å²) in [5.41, 5.74) is 0. The molecular weight excluding hydrogens is 182 g/mol. The monoisotopic (exact) mass is 199 g/mol. The molecule has 0 bridgehead atoms. The summed E-state index contributed by atoms with van der Waals surface area (Å²) in [4.78, 5) is 21.1. The van der Waals surface area contributed by atoms with E-state index >= 15 is 0 Å². The van der Waals surface area contributed by atoms with Crippen molar-refractivity contribution in [2.45, 2.75) is 32.6 Å². The van der Waals surface area contributed by atoms with Crippen LogP contribution in [-0.2, 0) is 9.59 Å². The number of rotatable bonds is 7. The van der Waals surface area contributed by atoms with E-state index < -0.39 is 5.97 Å². The highest BCUT2D eigenvalue weighted by atomic mass is 16.4. The van der Waals surface area contributed by atoms with Crippen LogP contribution in [0.5, 0.6) is 0 Å². The SMILES string of the molecule is C/C=C/CCCCC(=O)NCC(=O)O. The van der Waals surface area contributed by atoms with E-state index in [0.29, 0.717) is 6.42 Å². The smallest absolute Gasteiger partial charge is 0.322 e. The Bertz CT molecular complexity index is 211. The minimum absolute atomic E-state index is 0.187. The highest BCUT2D eigenvalue weighted by Crippen LogP contribution is 2.00. The fourth-order valence-electron chi connectivity index (χ4n) is 0.977. The number of amides is 1. The second-order valence-electron chi connectivity index (χ2n) is 2.99. The molecule has 0 aliphatic rings. The third kappa shape index (κ3) is 8.77. The van der Waals surface area contributed by atoms with Crippen molar-refractivity contribution in [3.8, 4) is 0 Å². The molecule has 14 heavy (non-hydrogen) atoms. The average Bonchev–Trinajstić information content (AvgIpc) is 2.14. The summed E-state index contributed by atoms with van der Waals surface area (Å²) in [6.07, 6.45) is 7.17. The summed E-state index contributed by atoms with van der Waals surface area (Å²) in [7, 11) is 0. The Hall–Kier alpha value is -1.32. The third-order valence-electron chi connectivity index (χ3n) is 1.70. The Kier molecular flexibility index (Phi) is 7.50. The van der Waals surface area contributed by atoms with Crippen molar-refractivity contribution in [2.75, 3.05) is 6.54 Å². The molecule has 0 aromatic heterocycles. The largest absolute Gasteiger partial charge is 0.480 e. The molecule has 0 aliphatic heterocycles. The molecule has 4 nitrogen and oxygen atoms in total. The van der Waals surface area contributed by atoms with E-state index in [9.17, 15) is 9.59 Å². The Morgan fingerprint density at radius 1 is 1.36 bits per heavy atom. The minimum Gasteiger partial charge on any atom is -0.480 e. The molecule has 0 fully saturated rings. The fourth-order valence-corrected chi connectivity index (χ4v) is 0.977. The first-order valence-electron chi connectivity index (χ1n) is 4.76. The van der Waals surface area contributed by atoms with E-state index in [1.54, 1.807) is 0 Å². The number of carbonyl (C=O) groups is 2. The van der Waals surface area contributed by atoms with Gasteiger partial charge in [0.1, 0.15) is 6.54 Å². The number of aliphatic carboxylic acids is 1. The highest BCUT2D eigenvalue weighted by Gasteiger charge is 2.02. The van der Waals surface area contributed by atoms with Crippen LogP contribution in [0.2, 0.25) is 0 Å². The lowest BCUT2D eigenvalue weighted by atomic mass is 10.2. The van der Waals surface area contributed by atoms with E-state index in [0.717, 1.165) is 19.3 Å². The van der Waals surface area contributed by atoms with Gasteiger partial charge < -0.3 is 10.4 Å². The van der Waals surface area contributed by atoms with Crippen molar-refractivity contribution in [2.24, 2.45) is 0 Å². The Morgan fingerprint density at radius 2 is 2.07 bits per heavy atom. The van der Waals surface area contributed by atoms with Crippen LogP contribution < -0.4 is 5.32 Å². The van der Waals surface area contributed by atoms with Crippen LogP contribution in [0.3, 0.4) is 0 Å². The average molecular weight is 199 g/mol. The second-order valence-corrected chi connectivity index (χ2v) is 2.99. The van der Waals surface area contributed by atoms with Crippen LogP contribution in [0.1, 0.15) is 32.6 Å². The number of hydrogen-bond acceptors (Lipinski definition) is 2. The van der Waals surface area contributed by atoms with Gasteiger partial charge in [-0.05, 0) is 26.2 Å². The summed E-state index contributed by atoms with van der Waals surface area (Å²) in [6, 6.07) is 0. The third-order valence-corrected chi connectivity index (χ3v) is 1.70. The lowest BCUT2D eigenvalue weighted by molar-refractivity contribution is -0.137. The van der Waals surface area contributed by atoms with Crippen LogP contribution in [0.15, 0.2) is 12.2 Å². The molecule has 0 saturated carbocycles. The predicted octanol–water partition coefficient (Wildman–Crippen LogP) is 1.32. The van der Waals surface area contributed by atoms with Crippen LogP contribution in [0.25, 0.3) is 0 Å². The summed E-state index contributed by atoms with van der Waals surface area (Å²) >= 11 is 0. The van der Waals surface area contributed by atoms with Gasteiger partial charge in [0.25, 0.3) is 0 Å². The Labute approximate surface area is 84.0 Å². The van der Waals surface area contributed by atoms with Crippen LogP contribution in [-0.4, -0.2) is 23.5 Å². The quantitative estimate of drug-likeness (QED) is 0.480. The summed E-state index contributed by atoms with van der Waals surface area (Å²) < 4.78 is 0. The van der Waals surface area contributed by atoms with Gasteiger partial charge >= 0.3 is 5.97 Å². The minimum atomic E-state index is -1.01. The van der Waals surface area contributed by atoms with Crippen molar-refractivity contribution in [3.63, 3.8) is 0 Å². The number of allylic oxidation sites excluding steroid dienone is 2. The van der Waals surface area contributed by atoms with Crippen molar-refractivity contribution in [1.82, 2.24) is 5.32 Å². The van der Waals surface area contributed by atoms with Gasteiger partial charge in [0.2, 0.25) is 5.91 Å². The molecule has 0 saturated heterocycles. The molecular formula is C10H17NO3. The molecule has 0 aromatic rings. The highest BCUT2D eigenvalue weighted by molar-refractivity contribution is 5.80. The second kappa shape index (κ2) is 8.29. The van der Waals surface area contributed by atoms with Gasteiger partial charge in [0.15, 0.2) is 0 Å². The van der Waals surface area contributed by atoms with E-state index in [2.05, 4.69) is 11.4 Å². The fraction of sp³-hybridized carbons (Fsp3) is 0.600. The van der Waals surface area contributed by atoms with Crippen LogP contribution >= 0.6 is 0 Å².